The second kappa shape index (κ2) is 7.94. The van der Waals surface area contributed by atoms with Crippen molar-refractivity contribution in [2.24, 2.45) is 5.73 Å². The Balaban J connectivity index is 0.000000301. The highest BCUT2D eigenvalue weighted by molar-refractivity contribution is 6.27. The van der Waals surface area contributed by atoms with E-state index in [0.29, 0.717) is 6.54 Å². The number of hydrogen-bond acceptors (Lipinski definition) is 3. The van der Waals surface area contributed by atoms with Crippen LogP contribution in [0, 0.1) is 0 Å². The van der Waals surface area contributed by atoms with Gasteiger partial charge in [-0.3, -0.25) is 0 Å². The first-order valence-corrected chi connectivity index (χ1v) is 7.34. The van der Waals surface area contributed by atoms with Crippen LogP contribution in [0.4, 0.5) is 0 Å². The van der Waals surface area contributed by atoms with E-state index < -0.39 is 11.9 Å². The summed E-state index contributed by atoms with van der Waals surface area (Å²) in [6, 6.07) is 17.0. The van der Waals surface area contributed by atoms with Gasteiger partial charge in [0, 0.05) is 17.1 Å². The lowest BCUT2D eigenvalue weighted by Crippen LogP contribution is -2.09. The van der Waals surface area contributed by atoms with Gasteiger partial charge in [0.15, 0.2) is 0 Å². The van der Waals surface area contributed by atoms with Crippen LogP contribution in [-0.4, -0.2) is 33.7 Å². The Hall–Kier alpha value is -3.12. The summed E-state index contributed by atoms with van der Waals surface area (Å²) < 4.78 is 0. The van der Waals surface area contributed by atoms with E-state index in [0.717, 1.165) is 6.42 Å². The second-order valence-electron chi connectivity index (χ2n) is 5.09. The van der Waals surface area contributed by atoms with E-state index in [4.69, 9.17) is 25.5 Å². The number of nitrogens with two attached hydrogens (primary N) is 1. The van der Waals surface area contributed by atoms with Crippen LogP contribution < -0.4 is 5.73 Å². The number of nitrogens with one attached hydrogen (secondary N) is 1. The summed E-state index contributed by atoms with van der Waals surface area (Å²) in [6.07, 6.45) is 2.98. The number of carboxylic acids is 2. The normalized spacial score (nSPS) is 10.0. The zero-order valence-corrected chi connectivity index (χ0v) is 12.9. The van der Waals surface area contributed by atoms with Crippen molar-refractivity contribution in [1.29, 1.82) is 0 Å². The molecule has 0 aliphatic heterocycles. The average Bonchev–Trinajstić information content (AvgIpc) is 2.99. The van der Waals surface area contributed by atoms with Crippen LogP contribution in [-0.2, 0) is 16.0 Å². The third kappa shape index (κ3) is 4.21. The molecule has 6 heteroatoms. The van der Waals surface area contributed by atoms with Gasteiger partial charge in [0.05, 0.1) is 0 Å². The molecule has 0 saturated carbocycles. The molecule has 0 fully saturated rings. The predicted octanol–water partition coefficient (Wildman–Crippen LogP) is 2.49. The highest BCUT2D eigenvalue weighted by Crippen LogP contribution is 2.25. The molecule has 1 heterocycles. The number of carbonyl (C=O) groups is 2. The second-order valence-corrected chi connectivity index (χ2v) is 5.09. The molecule has 3 aromatic rings. The highest BCUT2D eigenvalue weighted by Gasteiger charge is 2.05. The fourth-order valence-corrected chi connectivity index (χ4v) is 2.36. The summed E-state index contributed by atoms with van der Waals surface area (Å²) >= 11 is 0. The van der Waals surface area contributed by atoms with Gasteiger partial charge < -0.3 is 20.9 Å². The van der Waals surface area contributed by atoms with E-state index >= 15 is 0 Å². The van der Waals surface area contributed by atoms with Gasteiger partial charge in [0.25, 0.3) is 0 Å². The maximum Gasteiger partial charge on any atom is 0.414 e. The largest absolute Gasteiger partial charge is 0.473 e. The number of benzene rings is 2. The molecule has 24 heavy (non-hydrogen) atoms. The first-order chi connectivity index (χ1) is 11.5. The quantitative estimate of drug-likeness (QED) is 0.552. The first-order valence-electron chi connectivity index (χ1n) is 7.34. The number of aromatic amines is 1. The summed E-state index contributed by atoms with van der Waals surface area (Å²) in [4.78, 5) is 21.5. The maximum atomic E-state index is 9.10. The lowest BCUT2D eigenvalue weighted by Gasteiger charge is -2.02. The molecule has 1 aromatic heterocycles. The molecule has 124 valence electrons. The van der Waals surface area contributed by atoms with Crippen LogP contribution in [0.25, 0.3) is 22.0 Å². The summed E-state index contributed by atoms with van der Waals surface area (Å²) in [6.45, 7) is 0.688. The van der Waals surface area contributed by atoms with E-state index in [9.17, 15) is 0 Å². The van der Waals surface area contributed by atoms with Crippen LogP contribution in [0.3, 0.4) is 0 Å². The van der Waals surface area contributed by atoms with E-state index in [1.165, 1.54) is 27.6 Å². The molecule has 2 aromatic carbocycles. The number of H-pyrrole nitrogens is 1. The number of rotatable bonds is 3. The number of hydrogen-bond donors (Lipinski definition) is 4. The molecule has 0 aliphatic rings. The van der Waals surface area contributed by atoms with E-state index in [1.54, 1.807) is 0 Å². The van der Waals surface area contributed by atoms with Gasteiger partial charge in [-0.2, -0.15) is 0 Å². The fraction of sp³-hybridized carbons (Fsp3) is 0.111. The van der Waals surface area contributed by atoms with Gasteiger partial charge in [-0.1, -0.05) is 42.5 Å². The third-order valence-electron chi connectivity index (χ3n) is 3.47. The average molecular weight is 326 g/mol. The van der Waals surface area contributed by atoms with Crippen molar-refractivity contribution >= 4 is 22.8 Å². The van der Waals surface area contributed by atoms with Gasteiger partial charge in [-0.05, 0) is 35.7 Å². The molecular formula is C18H18N2O4. The van der Waals surface area contributed by atoms with Crippen molar-refractivity contribution in [2.75, 3.05) is 6.54 Å². The van der Waals surface area contributed by atoms with Crippen molar-refractivity contribution in [2.45, 2.75) is 6.42 Å². The molecular weight excluding hydrogens is 308 g/mol. The summed E-state index contributed by atoms with van der Waals surface area (Å²) in [7, 11) is 0. The number of aromatic nitrogens is 1. The Morgan fingerprint density at radius 3 is 2.21 bits per heavy atom. The monoisotopic (exact) mass is 326 g/mol. The van der Waals surface area contributed by atoms with Crippen molar-refractivity contribution in [1.82, 2.24) is 4.98 Å². The van der Waals surface area contributed by atoms with E-state index in [1.807, 2.05) is 6.07 Å². The minimum Gasteiger partial charge on any atom is -0.473 e. The number of aliphatic carboxylic acids is 2. The van der Waals surface area contributed by atoms with Crippen LogP contribution in [0.5, 0.6) is 0 Å². The Labute approximate surface area is 138 Å². The Morgan fingerprint density at radius 2 is 1.62 bits per heavy atom. The minimum absolute atomic E-state index is 0.688. The summed E-state index contributed by atoms with van der Waals surface area (Å²) in [5.74, 6) is -3.65. The van der Waals surface area contributed by atoms with Gasteiger partial charge in [0.1, 0.15) is 0 Å². The minimum atomic E-state index is -1.82. The molecule has 0 radical (unpaired) electrons. The molecule has 0 amide bonds. The van der Waals surface area contributed by atoms with Gasteiger partial charge in [0.2, 0.25) is 0 Å². The zero-order valence-electron chi connectivity index (χ0n) is 12.9. The Bertz CT molecular complexity index is 829. The van der Waals surface area contributed by atoms with Gasteiger partial charge in [-0.15, -0.1) is 0 Å². The first kappa shape index (κ1) is 17.2. The van der Waals surface area contributed by atoms with E-state index in [2.05, 4.69) is 53.6 Å². The van der Waals surface area contributed by atoms with Crippen molar-refractivity contribution in [3.8, 4) is 11.1 Å². The predicted molar refractivity (Wildman–Crippen MR) is 91.8 cm³/mol. The molecule has 6 nitrogen and oxygen atoms in total. The van der Waals surface area contributed by atoms with Gasteiger partial charge >= 0.3 is 11.9 Å². The molecule has 3 rings (SSSR count). The third-order valence-corrected chi connectivity index (χ3v) is 3.47. The Kier molecular flexibility index (Phi) is 5.70. The maximum absolute atomic E-state index is 9.10. The van der Waals surface area contributed by atoms with Crippen molar-refractivity contribution in [3.63, 3.8) is 0 Å². The lowest BCUT2D eigenvalue weighted by molar-refractivity contribution is -0.159. The molecule has 0 spiro atoms. The van der Waals surface area contributed by atoms with Crippen molar-refractivity contribution in [3.05, 3.63) is 60.3 Å². The SMILES string of the molecule is NCCc1c[nH]c2cc(-c3ccccc3)ccc12.O=C(O)C(=O)O. The fourth-order valence-electron chi connectivity index (χ4n) is 2.36. The van der Waals surface area contributed by atoms with Crippen LogP contribution in [0.2, 0.25) is 0 Å². The lowest BCUT2D eigenvalue weighted by atomic mass is 10.0. The van der Waals surface area contributed by atoms with Crippen LogP contribution in [0.1, 0.15) is 5.56 Å². The van der Waals surface area contributed by atoms with E-state index in [-0.39, 0.29) is 0 Å². The van der Waals surface area contributed by atoms with Crippen LogP contribution >= 0.6 is 0 Å². The molecule has 0 saturated heterocycles. The molecule has 0 unspecified atom stereocenters. The van der Waals surface area contributed by atoms with Crippen LogP contribution in [0.15, 0.2) is 54.7 Å². The smallest absolute Gasteiger partial charge is 0.414 e. The topological polar surface area (TPSA) is 116 Å². The zero-order chi connectivity index (χ0) is 17.5. The van der Waals surface area contributed by atoms with Crippen molar-refractivity contribution < 1.29 is 19.8 Å². The van der Waals surface area contributed by atoms with Gasteiger partial charge in [-0.25, -0.2) is 9.59 Å². The summed E-state index contributed by atoms with van der Waals surface area (Å²) in [5, 5.41) is 16.1. The molecule has 0 aliphatic carbocycles. The molecule has 5 N–H and O–H groups in total. The molecule has 0 atom stereocenters. The Morgan fingerprint density at radius 1 is 0.958 bits per heavy atom. The molecule has 0 bridgehead atoms. The standard InChI is InChI=1S/C16H16N2.C2H2O4/c17-9-8-14-11-18-16-10-13(6-7-15(14)16)12-4-2-1-3-5-12;3-1(4)2(5)6/h1-7,10-11,18H,8-9,17H2;(H,3,4)(H,5,6). The number of carboxylic acid groups (broad SMARTS) is 2. The summed E-state index contributed by atoms with van der Waals surface area (Å²) in [5.41, 5.74) is 10.6. The highest BCUT2D eigenvalue weighted by atomic mass is 16.4. The number of fused-ring (bicyclic) bond motifs is 1.